The molecule has 0 radical (unpaired) electrons. The molecule has 1 aromatic heterocycles. The van der Waals surface area contributed by atoms with E-state index >= 15 is 0 Å². The van der Waals surface area contributed by atoms with E-state index in [-0.39, 0.29) is 6.67 Å². The van der Waals surface area contributed by atoms with E-state index < -0.39 is 10.1 Å². The topological polar surface area (TPSA) is 123 Å². The summed E-state index contributed by atoms with van der Waals surface area (Å²) in [6, 6.07) is 0. The lowest BCUT2D eigenvalue weighted by molar-refractivity contribution is -0.775. The van der Waals surface area contributed by atoms with Crippen molar-refractivity contribution in [3.8, 4) is 0 Å². The minimum Gasteiger partial charge on any atom is -0.339 e. The van der Waals surface area contributed by atoms with Gasteiger partial charge < -0.3 is 10.1 Å². The van der Waals surface area contributed by atoms with Crippen molar-refractivity contribution in [3.63, 3.8) is 0 Å². The summed E-state index contributed by atoms with van der Waals surface area (Å²) in [5, 5.41) is 23.3. The number of nitro groups is 2. The first-order chi connectivity index (χ1) is 6.99. The molecule has 0 aliphatic heterocycles. The monoisotopic (exact) mass is 218 g/mol. The van der Waals surface area contributed by atoms with Gasteiger partial charge in [0.15, 0.2) is 5.03 Å². The normalized spacial score (nSPS) is 9.67. The fourth-order valence-electron chi connectivity index (χ4n) is 0.805. The first-order valence-corrected chi connectivity index (χ1v) is 3.69. The number of nitrogens with zero attached hydrogens (tertiary/aromatic N) is 6. The molecule has 82 valence electrons. The zero-order valence-electron chi connectivity index (χ0n) is 7.68. The lowest BCUT2D eigenvalue weighted by Crippen LogP contribution is -2.46. The number of rotatable bonds is 5. The van der Waals surface area contributed by atoms with Gasteiger partial charge in [0.1, 0.15) is 5.10 Å². The molecule has 0 atom stereocenters. The summed E-state index contributed by atoms with van der Waals surface area (Å²) in [7, 11) is 1.26. The van der Waals surface area contributed by atoms with Gasteiger partial charge in [-0.05, 0) is 10.2 Å². The van der Waals surface area contributed by atoms with Gasteiger partial charge in [-0.2, -0.15) is 0 Å². The maximum Gasteiger partial charge on any atom is 0.365 e. The zero-order valence-corrected chi connectivity index (χ0v) is 7.68. The summed E-state index contributed by atoms with van der Waals surface area (Å²) >= 11 is 0. The molecule has 0 bridgehead atoms. The summed E-state index contributed by atoms with van der Waals surface area (Å²) in [5.41, 5.74) is 1.79. The molecule has 0 aliphatic rings. The molecule has 15 heavy (non-hydrogen) atoms. The second kappa shape index (κ2) is 4.17. The van der Waals surface area contributed by atoms with Gasteiger partial charge in [0, 0.05) is 5.03 Å². The first-order valence-electron chi connectivity index (χ1n) is 3.69. The second-order valence-electron chi connectivity index (χ2n) is 2.59. The van der Waals surface area contributed by atoms with Crippen molar-refractivity contribution in [2.24, 2.45) is 0 Å². The zero-order chi connectivity index (χ0) is 11.4. The van der Waals surface area contributed by atoms with E-state index in [1.54, 1.807) is 5.53 Å². The maximum absolute atomic E-state index is 10.2. The molecule has 1 N–H and O–H groups in total. The number of hydrazine groups is 2. The van der Waals surface area contributed by atoms with Crippen molar-refractivity contribution in [1.82, 2.24) is 14.8 Å². The number of nitrogens with one attached hydrogen (secondary N) is 1. The van der Waals surface area contributed by atoms with Gasteiger partial charge >= 0.3 is 12.7 Å². The Morgan fingerprint density at radius 1 is 1.60 bits per heavy atom. The molecule has 1 aromatic rings. The quantitative estimate of drug-likeness (QED) is 0.344. The average molecular weight is 218 g/mol. The van der Waals surface area contributed by atoms with Crippen LogP contribution in [0.1, 0.15) is 0 Å². The van der Waals surface area contributed by atoms with Crippen LogP contribution in [-0.2, 0) is 6.67 Å². The molecule has 0 unspecified atom stereocenters. The van der Waals surface area contributed by atoms with Gasteiger partial charge in [-0.3, -0.25) is 0 Å². The van der Waals surface area contributed by atoms with Crippen LogP contribution in [0.4, 0.5) is 0 Å². The van der Waals surface area contributed by atoms with Crippen molar-refractivity contribution >= 4 is 0 Å². The van der Waals surface area contributed by atoms with Crippen LogP contribution in [-0.4, -0.2) is 31.9 Å². The molecule has 11 nitrogen and oxygen atoms in total. The first kappa shape index (κ1) is 10.6. The summed E-state index contributed by atoms with van der Waals surface area (Å²) in [6.45, 7) is -0.112. The van der Waals surface area contributed by atoms with Gasteiger partial charge in [0.2, 0.25) is 0 Å². The van der Waals surface area contributed by atoms with Crippen LogP contribution in [0, 0.1) is 20.2 Å². The highest BCUT2D eigenvalue weighted by molar-refractivity contribution is 4.43. The van der Waals surface area contributed by atoms with Crippen LogP contribution in [0.25, 0.3) is 0 Å². The number of hydrogen-bond donors (Lipinski definition) is 1. The third-order valence-corrected chi connectivity index (χ3v) is 1.41. The van der Waals surface area contributed by atoms with Gasteiger partial charge in [0.05, 0.1) is 7.05 Å². The molecular weight excluding hydrogens is 210 g/mol. The Morgan fingerprint density at radius 2 is 2.27 bits per heavy atom. The largest absolute Gasteiger partial charge is 0.365 e. The molecule has 1 rings (SSSR count). The van der Waals surface area contributed by atoms with Crippen LogP contribution >= 0.6 is 0 Å². The van der Waals surface area contributed by atoms with E-state index in [2.05, 4.69) is 5.10 Å². The fraction of sp³-hybridized carbons (Fsp3) is 0.500. The molecule has 0 fully saturated rings. The highest BCUT2D eigenvalue weighted by atomic mass is 16.7. The third-order valence-electron chi connectivity index (χ3n) is 1.41. The maximum atomic E-state index is 10.2. The second-order valence-corrected chi connectivity index (χ2v) is 2.59. The Morgan fingerprint density at radius 3 is 2.80 bits per heavy atom. The summed E-state index contributed by atoms with van der Waals surface area (Å²) < 4.78 is 2.13. The fourth-order valence-corrected chi connectivity index (χ4v) is 0.805. The predicted octanol–water partition coefficient (Wildman–Crippen LogP) is -2.01. The summed E-state index contributed by atoms with van der Waals surface area (Å²) in [5.74, 6) is 0. The minimum absolute atomic E-state index is 0.112. The van der Waals surface area contributed by atoms with E-state index in [0.29, 0.717) is 0 Å². The smallest absolute Gasteiger partial charge is 0.339 e. The SMILES string of the molecule is CN(Cn1c[n+](N[N+](=O)[O-])cn1)[N+](=O)[O-]. The lowest BCUT2D eigenvalue weighted by atomic mass is 10.9. The van der Waals surface area contributed by atoms with Crippen LogP contribution < -0.4 is 10.2 Å². The van der Waals surface area contributed by atoms with Crippen LogP contribution in [0.15, 0.2) is 12.7 Å². The van der Waals surface area contributed by atoms with E-state index in [4.69, 9.17) is 0 Å². The molecule has 0 spiro atoms. The predicted molar refractivity (Wildman–Crippen MR) is 43.5 cm³/mol. The van der Waals surface area contributed by atoms with Crippen molar-refractivity contribution in [2.45, 2.75) is 6.67 Å². The minimum atomic E-state index is -0.775. The lowest BCUT2D eigenvalue weighted by Gasteiger charge is -2.00. The number of hydrogen-bond acceptors (Lipinski definition) is 5. The van der Waals surface area contributed by atoms with E-state index in [9.17, 15) is 20.2 Å². The Hall–Kier alpha value is -2.46. The van der Waals surface area contributed by atoms with Gasteiger partial charge in [-0.25, -0.2) is 10.1 Å². The van der Waals surface area contributed by atoms with Gasteiger partial charge in [-0.15, -0.1) is 0 Å². The van der Waals surface area contributed by atoms with Crippen LogP contribution in [0.3, 0.4) is 0 Å². The Bertz CT molecular complexity index is 375. The molecule has 0 amide bonds. The highest BCUT2D eigenvalue weighted by Gasteiger charge is 2.18. The Kier molecular flexibility index (Phi) is 2.95. The molecule has 11 heteroatoms. The van der Waals surface area contributed by atoms with Crippen molar-refractivity contribution in [2.75, 3.05) is 12.6 Å². The standard InChI is InChI=1S/C4H8N7O4/c1-7(11(14)15)3-9-4-8(2-5-9)6-10(12)13/h2,4,6H,3H2,1H3/q+1. The molecule has 1 heterocycles. The van der Waals surface area contributed by atoms with Gasteiger partial charge in [0.25, 0.3) is 6.67 Å². The third kappa shape index (κ3) is 3.06. The molecule has 0 aromatic carbocycles. The summed E-state index contributed by atoms with van der Waals surface area (Å²) in [4.78, 5) is 20.3. The van der Waals surface area contributed by atoms with Crippen LogP contribution in [0.2, 0.25) is 0 Å². The summed E-state index contributed by atoms with van der Waals surface area (Å²) in [6.07, 6.45) is 2.33. The molecule has 0 saturated heterocycles. The van der Waals surface area contributed by atoms with Crippen molar-refractivity contribution in [1.29, 1.82) is 0 Å². The highest BCUT2D eigenvalue weighted by Crippen LogP contribution is 1.86. The average Bonchev–Trinajstić information content (AvgIpc) is 2.51. The molecular formula is C4H8N7O4+. The van der Waals surface area contributed by atoms with Crippen molar-refractivity contribution in [3.05, 3.63) is 32.9 Å². The van der Waals surface area contributed by atoms with E-state index in [0.717, 1.165) is 16.0 Å². The van der Waals surface area contributed by atoms with E-state index in [1.165, 1.54) is 18.1 Å². The van der Waals surface area contributed by atoms with Crippen molar-refractivity contribution < 1.29 is 14.7 Å². The molecule has 0 saturated carbocycles. The van der Waals surface area contributed by atoms with Crippen LogP contribution in [0.5, 0.6) is 0 Å². The molecule has 0 aliphatic carbocycles. The van der Waals surface area contributed by atoms with E-state index in [1.807, 2.05) is 0 Å². The number of aromatic nitrogens is 3. The Labute approximate surface area is 82.7 Å². The van der Waals surface area contributed by atoms with Gasteiger partial charge in [-0.1, -0.05) is 9.69 Å². The Balaban J connectivity index is 2.60.